The zero-order valence-corrected chi connectivity index (χ0v) is 13.8. The van der Waals surface area contributed by atoms with Crippen molar-refractivity contribution in [2.45, 2.75) is 25.8 Å². The van der Waals surface area contributed by atoms with Gasteiger partial charge in [-0.2, -0.15) is 0 Å². The Morgan fingerprint density at radius 2 is 2.21 bits per heavy atom. The summed E-state index contributed by atoms with van der Waals surface area (Å²) in [6.45, 7) is 5.28. The minimum absolute atomic E-state index is 0.132. The van der Waals surface area contributed by atoms with E-state index in [2.05, 4.69) is 34.4 Å². The van der Waals surface area contributed by atoms with Crippen molar-refractivity contribution in [3.63, 3.8) is 0 Å². The van der Waals surface area contributed by atoms with E-state index in [1.807, 2.05) is 36.2 Å². The maximum atomic E-state index is 12.5. The Balaban J connectivity index is 2.02. The molecular formula is C15H21IN2O. The fourth-order valence-electron chi connectivity index (χ4n) is 2.76. The summed E-state index contributed by atoms with van der Waals surface area (Å²) in [4.78, 5) is 16.8. The molecule has 1 aromatic rings. The predicted molar refractivity (Wildman–Crippen MR) is 86.4 cm³/mol. The molecule has 4 heteroatoms. The zero-order chi connectivity index (χ0) is 13.8. The number of likely N-dealkylation sites (N-methyl/N-ethyl adjacent to an activating group) is 2. The summed E-state index contributed by atoms with van der Waals surface area (Å²) in [6, 6.07) is 8.31. The molecule has 1 unspecified atom stereocenters. The van der Waals surface area contributed by atoms with Gasteiger partial charge in [0.1, 0.15) is 0 Å². The van der Waals surface area contributed by atoms with Gasteiger partial charge in [-0.15, -0.1) is 0 Å². The van der Waals surface area contributed by atoms with E-state index in [1.54, 1.807) is 0 Å². The molecule has 1 aromatic carbocycles. The topological polar surface area (TPSA) is 23.6 Å². The first kappa shape index (κ1) is 14.8. The van der Waals surface area contributed by atoms with Gasteiger partial charge >= 0.3 is 0 Å². The van der Waals surface area contributed by atoms with Crippen LogP contribution in [0.5, 0.6) is 0 Å². The van der Waals surface area contributed by atoms with Crippen molar-refractivity contribution in [1.29, 1.82) is 0 Å². The van der Waals surface area contributed by atoms with Gasteiger partial charge in [0.05, 0.1) is 5.56 Å². The van der Waals surface area contributed by atoms with E-state index in [9.17, 15) is 4.79 Å². The molecule has 0 N–H and O–H groups in total. The van der Waals surface area contributed by atoms with Gasteiger partial charge in [-0.3, -0.25) is 9.69 Å². The van der Waals surface area contributed by atoms with E-state index >= 15 is 0 Å². The fraction of sp³-hybridized carbons (Fsp3) is 0.533. The van der Waals surface area contributed by atoms with Crippen LogP contribution in [0.25, 0.3) is 0 Å². The van der Waals surface area contributed by atoms with Crippen LogP contribution in [0.15, 0.2) is 24.3 Å². The van der Waals surface area contributed by atoms with Crippen LogP contribution in [0.1, 0.15) is 30.1 Å². The summed E-state index contributed by atoms with van der Waals surface area (Å²) in [6.07, 6.45) is 2.46. The molecule has 19 heavy (non-hydrogen) atoms. The summed E-state index contributed by atoms with van der Waals surface area (Å²) in [5.74, 6) is 0.132. The molecule has 0 saturated carbocycles. The van der Waals surface area contributed by atoms with E-state index < -0.39 is 0 Å². The van der Waals surface area contributed by atoms with Gasteiger partial charge in [0, 0.05) is 23.2 Å². The average Bonchev–Trinajstić information content (AvgIpc) is 2.85. The lowest BCUT2D eigenvalue weighted by Gasteiger charge is -2.28. The Hall–Kier alpha value is -0.620. The molecule has 1 saturated heterocycles. The number of likely N-dealkylation sites (tertiary alicyclic amines) is 1. The lowest BCUT2D eigenvalue weighted by atomic mass is 10.1. The second-order valence-corrected chi connectivity index (χ2v) is 6.25. The number of nitrogens with zero attached hydrogens (tertiary/aromatic N) is 2. The first-order chi connectivity index (χ1) is 9.13. The van der Waals surface area contributed by atoms with Crippen molar-refractivity contribution in [2.75, 3.05) is 26.7 Å². The van der Waals surface area contributed by atoms with Crippen LogP contribution in [0.3, 0.4) is 0 Å². The van der Waals surface area contributed by atoms with Crippen molar-refractivity contribution in [1.82, 2.24) is 9.80 Å². The lowest BCUT2D eigenvalue weighted by molar-refractivity contribution is 0.0753. The molecule has 1 fully saturated rings. The highest BCUT2D eigenvalue weighted by atomic mass is 127. The smallest absolute Gasteiger partial charge is 0.254 e. The summed E-state index contributed by atoms with van der Waals surface area (Å²) < 4.78 is 1.02. The third-order valence-corrected chi connectivity index (χ3v) is 4.78. The Kier molecular flexibility index (Phi) is 5.21. The van der Waals surface area contributed by atoms with Crippen LogP contribution in [0, 0.1) is 3.57 Å². The average molecular weight is 372 g/mol. The van der Waals surface area contributed by atoms with Gasteiger partial charge in [-0.25, -0.2) is 0 Å². The number of benzene rings is 1. The summed E-state index contributed by atoms with van der Waals surface area (Å²) >= 11 is 2.23. The number of hydrogen-bond donors (Lipinski definition) is 0. The molecule has 1 atom stereocenters. The van der Waals surface area contributed by atoms with Gasteiger partial charge < -0.3 is 4.90 Å². The second-order valence-electron chi connectivity index (χ2n) is 5.09. The van der Waals surface area contributed by atoms with Gasteiger partial charge in [0.15, 0.2) is 0 Å². The van der Waals surface area contributed by atoms with Crippen LogP contribution < -0.4 is 0 Å². The monoisotopic (exact) mass is 372 g/mol. The van der Waals surface area contributed by atoms with Crippen LogP contribution in [0.4, 0.5) is 0 Å². The van der Waals surface area contributed by atoms with E-state index in [0.29, 0.717) is 6.04 Å². The van der Waals surface area contributed by atoms with Crippen LogP contribution in [-0.2, 0) is 0 Å². The molecule has 1 amide bonds. The molecule has 104 valence electrons. The first-order valence-corrected chi connectivity index (χ1v) is 7.95. The van der Waals surface area contributed by atoms with Crippen LogP contribution >= 0.6 is 22.6 Å². The standard InChI is InChI=1S/C15H21IN2O/c1-3-18-10-6-7-12(18)11-17(2)15(19)13-8-4-5-9-14(13)16/h4-5,8-9,12H,3,6-7,10-11H2,1-2H3. The van der Waals surface area contributed by atoms with Gasteiger partial charge in [-0.1, -0.05) is 19.1 Å². The van der Waals surface area contributed by atoms with E-state index in [0.717, 1.165) is 22.2 Å². The molecule has 0 aliphatic carbocycles. The number of halogens is 1. The van der Waals surface area contributed by atoms with Crippen molar-refractivity contribution < 1.29 is 4.79 Å². The van der Waals surface area contributed by atoms with Crippen LogP contribution in [-0.4, -0.2) is 48.4 Å². The fourth-order valence-corrected chi connectivity index (χ4v) is 3.38. The van der Waals surface area contributed by atoms with Crippen molar-refractivity contribution in [3.8, 4) is 0 Å². The molecule has 1 heterocycles. The third-order valence-electron chi connectivity index (χ3n) is 3.84. The Bertz CT molecular complexity index is 450. The summed E-state index contributed by atoms with van der Waals surface area (Å²) in [5.41, 5.74) is 0.812. The normalized spacial score (nSPS) is 19.6. The maximum Gasteiger partial charge on any atom is 0.254 e. The summed E-state index contributed by atoms with van der Waals surface area (Å²) in [7, 11) is 1.91. The van der Waals surface area contributed by atoms with Crippen molar-refractivity contribution in [2.24, 2.45) is 0 Å². The Morgan fingerprint density at radius 1 is 1.47 bits per heavy atom. The predicted octanol–water partition coefficient (Wildman–Crippen LogP) is 2.85. The quantitative estimate of drug-likeness (QED) is 0.759. The highest BCUT2D eigenvalue weighted by Crippen LogP contribution is 2.19. The molecule has 1 aliphatic rings. The van der Waals surface area contributed by atoms with Gasteiger partial charge in [0.25, 0.3) is 5.91 Å². The largest absolute Gasteiger partial charge is 0.340 e. The minimum Gasteiger partial charge on any atom is -0.340 e. The molecule has 2 rings (SSSR count). The molecule has 0 spiro atoms. The molecule has 0 bridgehead atoms. The minimum atomic E-state index is 0.132. The lowest BCUT2D eigenvalue weighted by Crippen LogP contribution is -2.41. The molecule has 0 aromatic heterocycles. The second kappa shape index (κ2) is 6.70. The van der Waals surface area contributed by atoms with Crippen LogP contribution in [0.2, 0.25) is 0 Å². The Labute approximate surface area is 129 Å². The number of carbonyl (C=O) groups excluding carboxylic acids is 1. The number of carbonyl (C=O) groups is 1. The zero-order valence-electron chi connectivity index (χ0n) is 11.6. The van der Waals surface area contributed by atoms with Crippen molar-refractivity contribution >= 4 is 28.5 Å². The highest BCUT2D eigenvalue weighted by Gasteiger charge is 2.26. The first-order valence-electron chi connectivity index (χ1n) is 6.87. The van der Waals surface area contributed by atoms with Crippen molar-refractivity contribution in [3.05, 3.63) is 33.4 Å². The molecular weight excluding hydrogens is 351 g/mol. The molecule has 1 aliphatic heterocycles. The van der Waals surface area contributed by atoms with Gasteiger partial charge in [0.2, 0.25) is 0 Å². The number of amides is 1. The molecule has 0 radical (unpaired) electrons. The Morgan fingerprint density at radius 3 is 2.89 bits per heavy atom. The third kappa shape index (κ3) is 3.48. The van der Waals surface area contributed by atoms with E-state index in [1.165, 1.54) is 19.4 Å². The maximum absolute atomic E-state index is 12.5. The van der Waals surface area contributed by atoms with E-state index in [4.69, 9.17) is 0 Å². The molecule has 3 nitrogen and oxygen atoms in total. The SMILES string of the molecule is CCN1CCCC1CN(C)C(=O)c1ccccc1I. The summed E-state index contributed by atoms with van der Waals surface area (Å²) in [5, 5.41) is 0. The van der Waals surface area contributed by atoms with E-state index in [-0.39, 0.29) is 5.91 Å². The highest BCUT2D eigenvalue weighted by molar-refractivity contribution is 14.1. The van der Waals surface area contributed by atoms with Gasteiger partial charge in [-0.05, 0) is 60.7 Å². The number of hydrogen-bond acceptors (Lipinski definition) is 2. The number of rotatable bonds is 4.